The molecule has 0 aliphatic carbocycles. The van der Waals surface area contributed by atoms with E-state index in [4.69, 9.17) is 4.74 Å². The average Bonchev–Trinajstić information content (AvgIpc) is 3.01. The lowest BCUT2D eigenvalue weighted by Crippen LogP contribution is -2.35. The van der Waals surface area contributed by atoms with Crippen LogP contribution >= 0.6 is 0 Å². The summed E-state index contributed by atoms with van der Waals surface area (Å²) in [6.45, 7) is 6.73. The molecule has 156 valence electrons. The van der Waals surface area contributed by atoms with E-state index in [9.17, 15) is 4.79 Å². The Morgan fingerprint density at radius 3 is 2.52 bits per heavy atom. The number of pyridine rings is 1. The van der Waals surface area contributed by atoms with Crippen molar-refractivity contribution in [3.8, 4) is 5.88 Å². The summed E-state index contributed by atoms with van der Waals surface area (Å²) in [6, 6.07) is 11.9. The van der Waals surface area contributed by atoms with Gasteiger partial charge in [-0.15, -0.1) is 0 Å². The minimum atomic E-state index is -0.177. The Labute approximate surface area is 173 Å². The second-order valence-electron chi connectivity index (χ2n) is 7.43. The number of urea groups is 1. The number of amides is 2. The van der Waals surface area contributed by atoms with Crippen LogP contribution in [0.2, 0.25) is 0 Å². The van der Waals surface area contributed by atoms with E-state index in [0.29, 0.717) is 25.6 Å². The van der Waals surface area contributed by atoms with Crippen molar-refractivity contribution in [3.63, 3.8) is 0 Å². The van der Waals surface area contributed by atoms with Gasteiger partial charge in [0.1, 0.15) is 0 Å². The van der Waals surface area contributed by atoms with Gasteiger partial charge in [-0.2, -0.15) is 0 Å². The monoisotopic (exact) mass is 396 g/mol. The van der Waals surface area contributed by atoms with E-state index in [0.717, 1.165) is 25.2 Å². The second kappa shape index (κ2) is 11.4. The van der Waals surface area contributed by atoms with Crippen molar-refractivity contribution in [2.45, 2.75) is 52.2 Å². The van der Waals surface area contributed by atoms with Crippen LogP contribution in [0.4, 0.5) is 4.79 Å². The summed E-state index contributed by atoms with van der Waals surface area (Å²) in [7, 11) is 0. The van der Waals surface area contributed by atoms with E-state index < -0.39 is 0 Å². The molecule has 2 amide bonds. The Kier molecular flexibility index (Phi) is 8.31. The van der Waals surface area contributed by atoms with Gasteiger partial charge in [-0.05, 0) is 55.6 Å². The third-order valence-electron chi connectivity index (χ3n) is 5.19. The van der Waals surface area contributed by atoms with Crippen molar-refractivity contribution in [2.24, 2.45) is 0 Å². The number of hydrogen-bond donors (Lipinski definition) is 2. The Balaban J connectivity index is 1.49. The van der Waals surface area contributed by atoms with Crippen LogP contribution in [0.25, 0.3) is 0 Å². The van der Waals surface area contributed by atoms with E-state index in [1.165, 1.54) is 36.8 Å². The van der Waals surface area contributed by atoms with Crippen LogP contribution < -0.4 is 15.4 Å². The van der Waals surface area contributed by atoms with Gasteiger partial charge in [0, 0.05) is 31.9 Å². The van der Waals surface area contributed by atoms with E-state index in [-0.39, 0.29) is 6.03 Å². The van der Waals surface area contributed by atoms with Gasteiger partial charge in [0.25, 0.3) is 0 Å². The van der Waals surface area contributed by atoms with Gasteiger partial charge in [-0.25, -0.2) is 9.78 Å². The third-order valence-corrected chi connectivity index (χ3v) is 5.19. The van der Waals surface area contributed by atoms with Crippen LogP contribution in [-0.4, -0.2) is 35.6 Å². The zero-order valence-corrected chi connectivity index (χ0v) is 17.3. The largest absolute Gasteiger partial charge is 0.478 e. The van der Waals surface area contributed by atoms with Gasteiger partial charge in [0.15, 0.2) is 0 Å². The van der Waals surface area contributed by atoms with Crippen molar-refractivity contribution in [2.75, 3.05) is 19.7 Å². The number of carbonyl (C=O) groups is 1. The highest BCUT2D eigenvalue weighted by Gasteiger charge is 2.12. The minimum absolute atomic E-state index is 0.177. The van der Waals surface area contributed by atoms with Gasteiger partial charge in [0.05, 0.1) is 6.61 Å². The number of nitrogens with one attached hydrogen (secondary N) is 2. The maximum Gasteiger partial charge on any atom is 0.315 e. The van der Waals surface area contributed by atoms with Gasteiger partial charge in [0.2, 0.25) is 5.88 Å². The van der Waals surface area contributed by atoms with Gasteiger partial charge in [-0.3, -0.25) is 4.90 Å². The molecule has 2 aromatic rings. The highest BCUT2D eigenvalue weighted by Crippen LogP contribution is 2.16. The summed E-state index contributed by atoms with van der Waals surface area (Å²) in [4.78, 5) is 18.9. The molecular weight excluding hydrogens is 364 g/mol. The molecule has 0 radical (unpaired) electrons. The number of nitrogens with zero attached hydrogens (tertiary/aromatic N) is 2. The molecule has 1 aliphatic heterocycles. The summed E-state index contributed by atoms with van der Waals surface area (Å²) in [5, 5.41) is 5.89. The number of rotatable bonds is 8. The maximum atomic E-state index is 12.3. The molecule has 29 heavy (non-hydrogen) atoms. The minimum Gasteiger partial charge on any atom is -0.478 e. The average molecular weight is 397 g/mol. The molecule has 0 atom stereocenters. The Bertz CT molecular complexity index is 773. The third kappa shape index (κ3) is 7.06. The highest BCUT2D eigenvalue weighted by atomic mass is 16.5. The van der Waals surface area contributed by atoms with Crippen molar-refractivity contribution in [1.82, 2.24) is 20.5 Å². The fourth-order valence-corrected chi connectivity index (χ4v) is 3.63. The fourth-order valence-electron chi connectivity index (χ4n) is 3.63. The topological polar surface area (TPSA) is 66.5 Å². The lowest BCUT2D eigenvalue weighted by molar-refractivity contribution is 0.240. The molecule has 6 heteroatoms. The summed E-state index contributed by atoms with van der Waals surface area (Å²) < 4.78 is 5.40. The van der Waals surface area contributed by atoms with E-state index >= 15 is 0 Å². The summed E-state index contributed by atoms with van der Waals surface area (Å²) in [6.07, 6.45) is 6.93. The number of carbonyl (C=O) groups excluding carboxylic acids is 1. The lowest BCUT2D eigenvalue weighted by atomic mass is 10.1. The van der Waals surface area contributed by atoms with Gasteiger partial charge in [-0.1, -0.05) is 37.1 Å². The normalized spacial score (nSPS) is 14.8. The zero-order chi connectivity index (χ0) is 20.3. The van der Waals surface area contributed by atoms with Crippen LogP contribution in [0.3, 0.4) is 0 Å². The first-order valence-electron chi connectivity index (χ1n) is 10.6. The molecule has 0 saturated carbocycles. The standard InChI is InChI=1S/C23H32N4O2/c1-2-29-22-15-19(11-12-24-22)16-25-23(28)26-17-20-9-5-6-10-21(20)18-27-13-7-3-4-8-14-27/h5-6,9-12,15H,2-4,7-8,13-14,16-18H2,1H3,(H2,25,26,28). The molecule has 6 nitrogen and oxygen atoms in total. The zero-order valence-electron chi connectivity index (χ0n) is 17.3. The Morgan fingerprint density at radius 2 is 1.76 bits per heavy atom. The number of hydrogen-bond acceptors (Lipinski definition) is 4. The molecule has 1 aliphatic rings. The van der Waals surface area contributed by atoms with Crippen LogP contribution in [0.15, 0.2) is 42.6 Å². The van der Waals surface area contributed by atoms with E-state index in [2.05, 4.69) is 38.7 Å². The number of likely N-dealkylation sites (tertiary alicyclic amines) is 1. The van der Waals surface area contributed by atoms with Crippen molar-refractivity contribution >= 4 is 6.03 Å². The van der Waals surface area contributed by atoms with E-state index in [1.807, 2.05) is 25.1 Å². The Morgan fingerprint density at radius 1 is 1.03 bits per heavy atom. The summed E-state index contributed by atoms with van der Waals surface area (Å²) >= 11 is 0. The van der Waals surface area contributed by atoms with Crippen LogP contribution in [0.1, 0.15) is 49.3 Å². The molecule has 0 bridgehead atoms. The Hall–Kier alpha value is -2.60. The summed E-state index contributed by atoms with van der Waals surface area (Å²) in [5.74, 6) is 0.578. The molecule has 1 aromatic carbocycles. The van der Waals surface area contributed by atoms with E-state index in [1.54, 1.807) is 6.20 Å². The predicted octanol–water partition coefficient (Wildman–Crippen LogP) is 3.86. The quantitative estimate of drug-likeness (QED) is 0.711. The number of aromatic nitrogens is 1. The molecule has 2 heterocycles. The molecule has 1 aromatic heterocycles. The fraction of sp³-hybridized carbons (Fsp3) is 0.478. The first-order chi connectivity index (χ1) is 14.2. The lowest BCUT2D eigenvalue weighted by Gasteiger charge is -2.21. The molecule has 1 fully saturated rings. The molecule has 2 N–H and O–H groups in total. The smallest absolute Gasteiger partial charge is 0.315 e. The van der Waals surface area contributed by atoms with Crippen LogP contribution in [-0.2, 0) is 19.6 Å². The number of benzene rings is 1. The highest BCUT2D eigenvalue weighted by molar-refractivity contribution is 5.73. The van der Waals surface area contributed by atoms with Gasteiger partial charge >= 0.3 is 6.03 Å². The number of ether oxygens (including phenoxy) is 1. The molecule has 1 saturated heterocycles. The summed E-state index contributed by atoms with van der Waals surface area (Å²) in [5.41, 5.74) is 3.43. The molecule has 0 spiro atoms. The van der Waals surface area contributed by atoms with Crippen molar-refractivity contribution in [3.05, 3.63) is 59.3 Å². The van der Waals surface area contributed by atoms with Crippen molar-refractivity contribution in [1.29, 1.82) is 0 Å². The molecular formula is C23H32N4O2. The molecule has 3 rings (SSSR count). The van der Waals surface area contributed by atoms with Crippen LogP contribution in [0, 0.1) is 0 Å². The van der Waals surface area contributed by atoms with Crippen LogP contribution in [0.5, 0.6) is 5.88 Å². The first-order valence-corrected chi connectivity index (χ1v) is 10.6. The predicted molar refractivity (Wildman–Crippen MR) is 115 cm³/mol. The van der Waals surface area contributed by atoms with Crippen molar-refractivity contribution < 1.29 is 9.53 Å². The first kappa shape index (κ1) is 21.1. The maximum absolute atomic E-state index is 12.3. The SMILES string of the molecule is CCOc1cc(CNC(=O)NCc2ccccc2CN2CCCCCC2)ccn1. The van der Waals surface area contributed by atoms with Gasteiger partial charge < -0.3 is 15.4 Å². The molecule has 0 unspecified atom stereocenters. The second-order valence-corrected chi connectivity index (χ2v) is 7.43.